The number of hydrogen-bond acceptors (Lipinski definition) is 4. The molecule has 0 aromatic heterocycles. The van der Waals surface area contributed by atoms with Crippen LogP contribution in [0.4, 0.5) is 5.69 Å². The Hall–Kier alpha value is -1.36. The number of methoxy groups -OCH3 is 1. The van der Waals surface area contributed by atoms with Gasteiger partial charge in [-0.2, -0.15) is 5.26 Å². The zero-order chi connectivity index (χ0) is 11.4. The minimum Gasteiger partial charge on any atom is -0.496 e. The SMILES string of the molecule is COc1cc([N+](=O)[O-])c(I)cc1CC#N. The molecule has 0 fully saturated rings. The summed E-state index contributed by atoms with van der Waals surface area (Å²) in [6.45, 7) is 0. The summed E-state index contributed by atoms with van der Waals surface area (Å²) in [7, 11) is 1.42. The van der Waals surface area contributed by atoms with Gasteiger partial charge in [0.2, 0.25) is 0 Å². The summed E-state index contributed by atoms with van der Waals surface area (Å²) in [5.74, 6) is 0.378. The van der Waals surface area contributed by atoms with E-state index in [-0.39, 0.29) is 12.1 Å². The van der Waals surface area contributed by atoms with Gasteiger partial charge < -0.3 is 4.74 Å². The first-order valence-corrected chi connectivity index (χ1v) is 5.05. The van der Waals surface area contributed by atoms with Gasteiger partial charge in [0.1, 0.15) is 5.75 Å². The van der Waals surface area contributed by atoms with E-state index in [0.29, 0.717) is 14.9 Å². The number of nitro benzene ring substituents is 1. The van der Waals surface area contributed by atoms with E-state index in [1.165, 1.54) is 13.2 Å². The molecule has 0 aliphatic rings. The average molecular weight is 318 g/mol. The molecule has 15 heavy (non-hydrogen) atoms. The van der Waals surface area contributed by atoms with Crippen molar-refractivity contribution >= 4 is 28.3 Å². The Kier molecular flexibility index (Phi) is 3.85. The molecule has 1 aromatic rings. The summed E-state index contributed by atoms with van der Waals surface area (Å²) in [5.41, 5.74) is 0.657. The van der Waals surface area contributed by atoms with Crippen LogP contribution in [-0.2, 0) is 6.42 Å². The van der Waals surface area contributed by atoms with Crippen LogP contribution in [0.15, 0.2) is 12.1 Å². The molecule has 0 atom stereocenters. The first-order chi connectivity index (χ1) is 7.10. The molecule has 0 saturated heterocycles. The minimum absolute atomic E-state index is 0.00543. The first kappa shape index (κ1) is 11.7. The van der Waals surface area contributed by atoms with Crippen molar-refractivity contribution in [3.8, 4) is 11.8 Å². The second kappa shape index (κ2) is 4.93. The molecule has 78 valence electrons. The third kappa shape index (κ3) is 2.56. The standard InChI is InChI=1S/C9H7IN2O3/c1-15-9-5-8(12(13)14)7(10)4-6(9)2-3-11/h4-5H,2H2,1H3. The van der Waals surface area contributed by atoms with Crippen molar-refractivity contribution in [3.63, 3.8) is 0 Å². The third-order valence-corrected chi connectivity index (χ3v) is 2.68. The maximum absolute atomic E-state index is 10.6. The molecule has 0 N–H and O–H groups in total. The third-order valence-electron chi connectivity index (χ3n) is 1.82. The predicted molar refractivity (Wildman–Crippen MR) is 61.7 cm³/mol. The van der Waals surface area contributed by atoms with Crippen molar-refractivity contribution in [2.45, 2.75) is 6.42 Å². The molecule has 1 rings (SSSR count). The molecule has 0 aliphatic carbocycles. The second-order valence-electron chi connectivity index (χ2n) is 2.71. The van der Waals surface area contributed by atoms with Crippen LogP contribution in [0.5, 0.6) is 5.75 Å². The molecule has 0 radical (unpaired) electrons. The lowest BCUT2D eigenvalue weighted by atomic mass is 10.1. The fourth-order valence-corrected chi connectivity index (χ4v) is 1.87. The monoisotopic (exact) mass is 318 g/mol. The highest BCUT2D eigenvalue weighted by Gasteiger charge is 2.16. The Morgan fingerprint density at radius 2 is 2.33 bits per heavy atom. The Bertz CT molecular complexity index is 440. The normalized spacial score (nSPS) is 9.40. The van der Waals surface area contributed by atoms with E-state index < -0.39 is 4.92 Å². The highest BCUT2D eigenvalue weighted by atomic mass is 127. The van der Waals surface area contributed by atoms with Gasteiger partial charge in [0.05, 0.1) is 34.2 Å². The van der Waals surface area contributed by atoms with Crippen LogP contribution in [0.25, 0.3) is 0 Å². The van der Waals surface area contributed by atoms with Gasteiger partial charge in [0, 0.05) is 5.56 Å². The number of halogens is 1. The fraction of sp³-hybridized carbons (Fsp3) is 0.222. The Labute approximate surface area is 99.9 Å². The average Bonchev–Trinajstić information content (AvgIpc) is 2.18. The molecular formula is C9H7IN2O3. The van der Waals surface area contributed by atoms with E-state index in [2.05, 4.69) is 0 Å². The van der Waals surface area contributed by atoms with Crippen LogP contribution < -0.4 is 4.74 Å². The summed E-state index contributed by atoms with van der Waals surface area (Å²) >= 11 is 1.87. The second-order valence-corrected chi connectivity index (χ2v) is 3.87. The molecular weight excluding hydrogens is 311 g/mol. The summed E-state index contributed by atoms with van der Waals surface area (Å²) in [6.07, 6.45) is 0.178. The molecule has 0 aliphatic heterocycles. The lowest BCUT2D eigenvalue weighted by Crippen LogP contribution is -1.97. The summed E-state index contributed by atoms with van der Waals surface area (Å²) < 4.78 is 5.49. The molecule has 1 aromatic carbocycles. The largest absolute Gasteiger partial charge is 0.496 e. The molecule has 6 heteroatoms. The highest BCUT2D eigenvalue weighted by molar-refractivity contribution is 14.1. The topological polar surface area (TPSA) is 76.2 Å². The van der Waals surface area contributed by atoms with Crippen molar-refractivity contribution < 1.29 is 9.66 Å². The van der Waals surface area contributed by atoms with Crippen LogP contribution in [0.2, 0.25) is 0 Å². The zero-order valence-electron chi connectivity index (χ0n) is 7.86. The van der Waals surface area contributed by atoms with Gasteiger partial charge in [-0.15, -0.1) is 0 Å². The number of nitriles is 1. The number of hydrogen-bond donors (Lipinski definition) is 0. The van der Waals surface area contributed by atoms with Gasteiger partial charge in [-0.05, 0) is 28.7 Å². The van der Waals surface area contributed by atoms with Gasteiger partial charge >= 0.3 is 0 Å². The van der Waals surface area contributed by atoms with Gasteiger partial charge in [-0.1, -0.05) is 0 Å². The van der Waals surface area contributed by atoms with Crippen molar-refractivity contribution in [3.05, 3.63) is 31.4 Å². The first-order valence-electron chi connectivity index (χ1n) is 3.98. The molecule has 0 unspecified atom stereocenters. The van der Waals surface area contributed by atoms with E-state index in [9.17, 15) is 10.1 Å². The fourth-order valence-electron chi connectivity index (χ4n) is 1.14. The minimum atomic E-state index is -0.472. The molecule has 0 saturated carbocycles. The molecule has 0 amide bonds. The van der Waals surface area contributed by atoms with Crippen LogP contribution in [0.3, 0.4) is 0 Å². The predicted octanol–water partition coefficient (Wildman–Crippen LogP) is 2.27. The van der Waals surface area contributed by atoms with Gasteiger partial charge in [-0.3, -0.25) is 10.1 Å². The van der Waals surface area contributed by atoms with Crippen molar-refractivity contribution in [2.75, 3.05) is 7.11 Å². The van der Waals surface area contributed by atoms with Crippen molar-refractivity contribution in [1.82, 2.24) is 0 Å². The maximum atomic E-state index is 10.6. The highest BCUT2D eigenvalue weighted by Crippen LogP contribution is 2.30. The van der Waals surface area contributed by atoms with E-state index in [4.69, 9.17) is 10.00 Å². The van der Waals surface area contributed by atoms with E-state index in [1.807, 2.05) is 28.7 Å². The Balaban J connectivity index is 3.30. The number of benzene rings is 1. The van der Waals surface area contributed by atoms with E-state index in [0.717, 1.165) is 0 Å². The van der Waals surface area contributed by atoms with E-state index in [1.54, 1.807) is 6.07 Å². The smallest absolute Gasteiger partial charge is 0.286 e. The number of nitro groups is 1. The van der Waals surface area contributed by atoms with Crippen LogP contribution in [-0.4, -0.2) is 12.0 Å². The summed E-state index contributed by atoms with van der Waals surface area (Å²) in [6, 6.07) is 4.92. The van der Waals surface area contributed by atoms with Crippen molar-refractivity contribution in [1.29, 1.82) is 5.26 Å². The molecule has 0 bridgehead atoms. The number of ether oxygens (including phenoxy) is 1. The number of nitrogens with zero attached hydrogens (tertiary/aromatic N) is 2. The Morgan fingerprint density at radius 1 is 1.67 bits per heavy atom. The zero-order valence-corrected chi connectivity index (χ0v) is 10.0. The van der Waals surface area contributed by atoms with Crippen LogP contribution in [0.1, 0.15) is 5.56 Å². The quantitative estimate of drug-likeness (QED) is 0.487. The van der Waals surface area contributed by atoms with Gasteiger partial charge in [-0.25, -0.2) is 0 Å². The molecule has 0 heterocycles. The molecule has 0 spiro atoms. The summed E-state index contributed by atoms with van der Waals surface area (Å²) in [5, 5.41) is 19.2. The lowest BCUT2D eigenvalue weighted by Gasteiger charge is -2.06. The van der Waals surface area contributed by atoms with Crippen LogP contribution >= 0.6 is 22.6 Å². The van der Waals surface area contributed by atoms with Gasteiger partial charge in [0.15, 0.2) is 0 Å². The Morgan fingerprint density at radius 3 is 2.80 bits per heavy atom. The van der Waals surface area contributed by atoms with Crippen LogP contribution in [0, 0.1) is 25.0 Å². The lowest BCUT2D eigenvalue weighted by molar-refractivity contribution is -0.385. The van der Waals surface area contributed by atoms with Crippen molar-refractivity contribution in [2.24, 2.45) is 0 Å². The van der Waals surface area contributed by atoms with Gasteiger partial charge in [0.25, 0.3) is 5.69 Å². The maximum Gasteiger partial charge on any atom is 0.286 e. The summed E-state index contributed by atoms with van der Waals surface area (Å²) in [4.78, 5) is 10.2. The number of rotatable bonds is 3. The molecule has 5 nitrogen and oxygen atoms in total. The van der Waals surface area contributed by atoms with E-state index >= 15 is 0 Å².